The summed E-state index contributed by atoms with van der Waals surface area (Å²) in [6.07, 6.45) is -3.29. The van der Waals surface area contributed by atoms with Gasteiger partial charge in [0.2, 0.25) is 0 Å². The molecule has 1 aliphatic rings. The molecule has 30 heavy (non-hydrogen) atoms. The highest BCUT2D eigenvalue weighted by Crippen LogP contribution is 2.38. The van der Waals surface area contributed by atoms with Crippen molar-refractivity contribution in [2.24, 2.45) is 5.92 Å². The molecule has 0 spiro atoms. The summed E-state index contributed by atoms with van der Waals surface area (Å²) in [6, 6.07) is 22.8. The van der Waals surface area contributed by atoms with Gasteiger partial charge < -0.3 is 10.0 Å². The molecule has 156 valence electrons. The van der Waals surface area contributed by atoms with Gasteiger partial charge in [-0.25, -0.2) is 0 Å². The molecule has 0 unspecified atom stereocenters. The van der Waals surface area contributed by atoms with Crippen LogP contribution in [0.4, 0.5) is 18.9 Å². The van der Waals surface area contributed by atoms with E-state index in [4.69, 9.17) is 0 Å². The Morgan fingerprint density at radius 2 is 1.40 bits per heavy atom. The van der Waals surface area contributed by atoms with Crippen molar-refractivity contribution < 1.29 is 18.3 Å². The van der Waals surface area contributed by atoms with Gasteiger partial charge in [0.15, 0.2) is 0 Å². The highest BCUT2D eigenvalue weighted by atomic mass is 19.4. The molecule has 0 aromatic heterocycles. The van der Waals surface area contributed by atoms with Gasteiger partial charge in [-0.1, -0.05) is 54.6 Å². The number of benzene rings is 3. The summed E-state index contributed by atoms with van der Waals surface area (Å²) in [4.78, 5) is 2.32. The van der Waals surface area contributed by atoms with E-state index in [-0.39, 0.29) is 5.92 Å². The van der Waals surface area contributed by atoms with E-state index >= 15 is 0 Å². The van der Waals surface area contributed by atoms with Crippen LogP contribution >= 0.6 is 0 Å². The van der Waals surface area contributed by atoms with Crippen molar-refractivity contribution in [1.82, 2.24) is 0 Å². The van der Waals surface area contributed by atoms with Crippen LogP contribution in [0.2, 0.25) is 0 Å². The maximum atomic E-state index is 12.9. The van der Waals surface area contributed by atoms with E-state index in [0.717, 1.165) is 49.2 Å². The number of hydrogen-bond acceptors (Lipinski definition) is 2. The fraction of sp³-hybridized carbons (Fsp3) is 0.280. The zero-order valence-electron chi connectivity index (χ0n) is 16.5. The Morgan fingerprint density at radius 1 is 0.800 bits per heavy atom. The number of anilines is 1. The van der Waals surface area contributed by atoms with Crippen LogP contribution in [0.3, 0.4) is 0 Å². The summed E-state index contributed by atoms with van der Waals surface area (Å²) >= 11 is 0. The first-order chi connectivity index (χ1) is 14.4. The third-order valence-electron chi connectivity index (χ3n) is 5.91. The highest BCUT2D eigenvalue weighted by Gasteiger charge is 2.31. The van der Waals surface area contributed by atoms with Gasteiger partial charge in [-0.15, -0.1) is 0 Å². The lowest BCUT2D eigenvalue weighted by Crippen LogP contribution is -2.35. The van der Waals surface area contributed by atoms with E-state index in [9.17, 15) is 18.3 Å². The lowest BCUT2D eigenvalue weighted by atomic mass is 9.84. The van der Waals surface area contributed by atoms with Crippen molar-refractivity contribution in [1.29, 1.82) is 0 Å². The SMILES string of the molecule is O[C@@H](c1ccccc1-c1ccc(C(F)(F)F)cc1)C1CCN(c2ccccc2)CC1. The van der Waals surface area contributed by atoms with Crippen LogP contribution in [0.15, 0.2) is 78.9 Å². The van der Waals surface area contributed by atoms with Crippen molar-refractivity contribution in [3.05, 3.63) is 90.0 Å². The van der Waals surface area contributed by atoms with E-state index in [1.54, 1.807) is 0 Å². The summed E-state index contributed by atoms with van der Waals surface area (Å²) in [7, 11) is 0. The van der Waals surface area contributed by atoms with Gasteiger partial charge in [0.05, 0.1) is 11.7 Å². The topological polar surface area (TPSA) is 23.5 Å². The minimum Gasteiger partial charge on any atom is -0.388 e. The number of piperidine rings is 1. The number of aliphatic hydroxyl groups excluding tert-OH is 1. The lowest BCUT2D eigenvalue weighted by molar-refractivity contribution is -0.137. The highest BCUT2D eigenvalue weighted by molar-refractivity contribution is 5.68. The first kappa shape index (κ1) is 20.5. The van der Waals surface area contributed by atoms with E-state index in [2.05, 4.69) is 17.0 Å². The fourth-order valence-corrected chi connectivity index (χ4v) is 4.22. The van der Waals surface area contributed by atoms with Crippen molar-refractivity contribution >= 4 is 5.69 Å². The quantitative estimate of drug-likeness (QED) is 0.543. The molecule has 3 aromatic carbocycles. The maximum absolute atomic E-state index is 12.9. The number of aliphatic hydroxyl groups is 1. The van der Waals surface area contributed by atoms with Crippen molar-refractivity contribution in [3.63, 3.8) is 0 Å². The van der Waals surface area contributed by atoms with Crippen LogP contribution in [-0.4, -0.2) is 18.2 Å². The fourth-order valence-electron chi connectivity index (χ4n) is 4.22. The number of alkyl halides is 3. The molecule has 0 saturated carbocycles. The summed E-state index contributed by atoms with van der Waals surface area (Å²) < 4.78 is 38.6. The molecule has 4 rings (SSSR count). The van der Waals surface area contributed by atoms with Gasteiger partial charge >= 0.3 is 6.18 Å². The van der Waals surface area contributed by atoms with Gasteiger partial charge in [-0.05, 0) is 59.7 Å². The molecule has 1 N–H and O–H groups in total. The lowest BCUT2D eigenvalue weighted by Gasteiger charge is -2.36. The average Bonchev–Trinajstić information content (AvgIpc) is 2.79. The number of halogens is 3. The van der Waals surface area contributed by atoms with Gasteiger partial charge in [-0.2, -0.15) is 13.2 Å². The van der Waals surface area contributed by atoms with Crippen molar-refractivity contribution in [2.75, 3.05) is 18.0 Å². The summed E-state index contributed by atoms with van der Waals surface area (Å²) in [5, 5.41) is 11.1. The number of rotatable bonds is 4. The largest absolute Gasteiger partial charge is 0.416 e. The summed E-state index contributed by atoms with van der Waals surface area (Å²) in [5.74, 6) is 0.112. The standard InChI is InChI=1S/C25H24F3NO/c26-25(27,28)20-12-10-18(11-13-20)22-8-4-5-9-23(22)24(30)19-14-16-29(17-15-19)21-6-2-1-3-7-21/h1-13,19,24,30H,14-17H2/t24-/m1/s1. The zero-order valence-corrected chi connectivity index (χ0v) is 16.5. The predicted octanol–water partition coefficient (Wildman–Crippen LogP) is 6.32. The minimum atomic E-state index is -4.36. The van der Waals surface area contributed by atoms with E-state index in [1.807, 2.05) is 42.5 Å². The van der Waals surface area contributed by atoms with Crippen molar-refractivity contribution in [3.8, 4) is 11.1 Å². The predicted molar refractivity (Wildman–Crippen MR) is 113 cm³/mol. The second kappa shape index (κ2) is 8.52. The Balaban J connectivity index is 1.51. The molecule has 3 aromatic rings. The molecule has 0 bridgehead atoms. The Labute approximate surface area is 174 Å². The third kappa shape index (κ3) is 4.36. The van der Waals surface area contributed by atoms with Gasteiger partial charge in [0.1, 0.15) is 0 Å². The Hall–Kier alpha value is -2.79. The second-order valence-electron chi connectivity index (χ2n) is 7.77. The molecular weight excluding hydrogens is 387 g/mol. The zero-order chi connectivity index (χ0) is 21.1. The molecule has 0 radical (unpaired) electrons. The number of para-hydroxylation sites is 1. The van der Waals surface area contributed by atoms with E-state index < -0.39 is 17.8 Å². The summed E-state index contributed by atoms with van der Waals surface area (Å²) in [5.41, 5.74) is 2.76. The van der Waals surface area contributed by atoms with Gasteiger partial charge in [0, 0.05) is 18.8 Å². The molecule has 2 nitrogen and oxygen atoms in total. The van der Waals surface area contributed by atoms with Crippen LogP contribution in [0.1, 0.15) is 30.1 Å². The van der Waals surface area contributed by atoms with Gasteiger partial charge in [0.25, 0.3) is 0 Å². The van der Waals surface area contributed by atoms with Crippen LogP contribution < -0.4 is 4.90 Å². The molecule has 0 aliphatic carbocycles. The molecule has 1 heterocycles. The summed E-state index contributed by atoms with van der Waals surface area (Å²) in [6.45, 7) is 1.74. The molecule has 5 heteroatoms. The van der Waals surface area contributed by atoms with Crippen LogP contribution in [0, 0.1) is 5.92 Å². The third-order valence-corrected chi connectivity index (χ3v) is 5.91. The monoisotopic (exact) mass is 411 g/mol. The van der Waals surface area contributed by atoms with Gasteiger partial charge in [-0.3, -0.25) is 0 Å². The second-order valence-corrected chi connectivity index (χ2v) is 7.77. The Bertz CT molecular complexity index is 962. The smallest absolute Gasteiger partial charge is 0.388 e. The molecular formula is C25H24F3NO. The van der Waals surface area contributed by atoms with E-state index in [1.165, 1.54) is 17.8 Å². The first-order valence-electron chi connectivity index (χ1n) is 10.2. The van der Waals surface area contributed by atoms with Crippen molar-refractivity contribution in [2.45, 2.75) is 25.1 Å². The van der Waals surface area contributed by atoms with E-state index in [0.29, 0.717) is 5.56 Å². The van der Waals surface area contributed by atoms with Crippen LogP contribution in [0.5, 0.6) is 0 Å². The number of hydrogen-bond donors (Lipinski definition) is 1. The molecule has 1 fully saturated rings. The van der Waals surface area contributed by atoms with Crippen LogP contribution in [-0.2, 0) is 6.18 Å². The molecule has 0 amide bonds. The Morgan fingerprint density at radius 3 is 2.03 bits per heavy atom. The molecule has 1 saturated heterocycles. The minimum absolute atomic E-state index is 0.112. The first-order valence-corrected chi connectivity index (χ1v) is 10.2. The normalized spacial score (nSPS) is 16.5. The molecule has 1 atom stereocenters. The Kier molecular flexibility index (Phi) is 5.82. The van der Waals surface area contributed by atoms with Crippen LogP contribution in [0.25, 0.3) is 11.1 Å². The number of nitrogens with zero attached hydrogens (tertiary/aromatic N) is 1. The average molecular weight is 411 g/mol. The maximum Gasteiger partial charge on any atom is 0.416 e. The molecule has 1 aliphatic heterocycles.